The number of aromatic nitrogens is 5. The number of ether oxygens (including phenoxy) is 2. The number of carbonyl (C=O) groups excluding carboxylic acids is 1. The number of rotatable bonds is 7. The predicted molar refractivity (Wildman–Crippen MR) is 116 cm³/mol. The average molecular weight is 508 g/mol. The minimum Gasteiger partial charge on any atom is -0.485 e. The molecule has 182 valence electrons. The molecule has 0 amide bonds. The molecule has 0 aliphatic heterocycles. The number of alkyl halides is 3. The zero-order chi connectivity index (χ0) is 25.2. The molecule has 2 heterocycles. The van der Waals surface area contributed by atoms with Crippen LogP contribution in [0.3, 0.4) is 0 Å². The van der Waals surface area contributed by atoms with Crippen molar-refractivity contribution in [1.29, 1.82) is 0 Å². The van der Waals surface area contributed by atoms with Crippen molar-refractivity contribution < 1.29 is 31.9 Å². The fourth-order valence-electron chi connectivity index (χ4n) is 3.19. The van der Waals surface area contributed by atoms with E-state index in [1.165, 1.54) is 35.9 Å². The quantitative estimate of drug-likeness (QED) is 0.323. The van der Waals surface area contributed by atoms with Crippen molar-refractivity contribution in [3.05, 3.63) is 64.8 Å². The van der Waals surface area contributed by atoms with Crippen LogP contribution in [0, 0.1) is 0 Å². The van der Waals surface area contributed by atoms with Crippen LogP contribution in [0.2, 0.25) is 5.02 Å². The third-order valence-corrected chi connectivity index (χ3v) is 5.08. The summed E-state index contributed by atoms with van der Waals surface area (Å²) in [5.41, 5.74) is -0.632. The first kappa shape index (κ1) is 24.2. The largest absolute Gasteiger partial charge is 0.485 e. The molecule has 0 radical (unpaired) electrons. The van der Waals surface area contributed by atoms with Crippen molar-refractivity contribution in [1.82, 2.24) is 25.0 Å². The maximum absolute atomic E-state index is 13.4. The number of nitrogens with zero attached hydrogens (tertiary/aromatic N) is 5. The molecular weight excluding hydrogens is 491 g/mol. The monoisotopic (exact) mass is 507 g/mol. The Bertz CT molecular complexity index is 1370. The Morgan fingerprint density at radius 2 is 1.86 bits per heavy atom. The SMILES string of the molecule is CCOC(=O)c1nnc(-c2cc(Cl)ccc2OCc2nnc(-c3ccccc3C(F)(F)F)n2C)o1. The lowest BCUT2D eigenvalue weighted by Crippen LogP contribution is -2.09. The van der Waals surface area contributed by atoms with Crippen LogP contribution in [0.5, 0.6) is 5.75 Å². The molecule has 0 saturated heterocycles. The third-order valence-electron chi connectivity index (χ3n) is 4.84. The fourth-order valence-corrected chi connectivity index (χ4v) is 3.36. The molecule has 4 aromatic rings. The standard InChI is InChI=1S/C22H17ClF3N5O4/c1-3-33-21(32)20-30-29-19(35-20)14-10-12(23)8-9-16(14)34-11-17-27-28-18(31(17)2)13-6-4-5-7-15(13)22(24,25)26/h4-10H,3,11H2,1-2H3. The molecule has 2 aromatic carbocycles. The van der Waals surface area contributed by atoms with E-state index < -0.39 is 17.7 Å². The third kappa shape index (κ3) is 5.11. The van der Waals surface area contributed by atoms with E-state index in [1.54, 1.807) is 19.1 Å². The lowest BCUT2D eigenvalue weighted by Gasteiger charge is -2.13. The van der Waals surface area contributed by atoms with Crippen molar-refractivity contribution >= 4 is 17.6 Å². The van der Waals surface area contributed by atoms with Gasteiger partial charge in [-0.25, -0.2) is 4.79 Å². The summed E-state index contributed by atoms with van der Waals surface area (Å²) in [6.07, 6.45) is -4.55. The smallest absolute Gasteiger partial charge is 0.417 e. The number of hydrogen-bond donors (Lipinski definition) is 0. The molecule has 0 aliphatic carbocycles. The van der Waals surface area contributed by atoms with E-state index in [1.807, 2.05) is 0 Å². The van der Waals surface area contributed by atoms with E-state index in [4.69, 9.17) is 25.5 Å². The van der Waals surface area contributed by atoms with E-state index in [0.29, 0.717) is 10.6 Å². The molecule has 0 saturated carbocycles. The molecule has 0 unspecified atom stereocenters. The van der Waals surface area contributed by atoms with Gasteiger partial charge < -0.3 is 18.5 Å². The topological polar surface area (TPSA) is 105 Å². The van der Waals surface area contributed by atoms with Crippen LogP contribution in [0.1, 0.15) is 29.0 Å². The molecule has 0 bridgehead atoms. The van der Waals surface area contributed by atoms with Crippen LogP contribution >= 0.6 is 11.6 Å². The summed E-state index contributed by atoms with van der Waals surface area (Å²) >= 11 is 6.10. The van der Waals surface area contributed by atoms with Gasteiger partial charge in [-0.1, -0.05) is 29.8 Å². The molecule has 4 rings (SSSR count). The Kier molecular flexibility index (Phi) is 6.74. The normalized spacial score (nSPS) is 11.5. The summed E-state index contributed by atoms with van der Waals surface area (Å²) in [6.45, 7) is 1.62. The van der Waals surface area contributed by atoms with E-state index >= 15 is 0 Å². The Hall–Kier alpha value is -3.93. The van der Waals surface area contributed by atoms with Crippen LogP contribution in [0.15, 0.2) is 46.9 Å². The van der Waals surface area contributed by atoms with Gasteiger partial charge in [0.2, 0.25) is 0 Å². The Morgan fingerprint density at radius 1 is 1.09 bits per heavy atom. The van der Waals surface area contributed by atoms with Gasteiger partial charge in [0.15, 0.2) is 11.6 Å². The van der Waals surface area contributed by atoms with E-state index in [9.17, 15) is 18.0 Å². The summed E-state index contributed by atoms with van der Waals surface area (Å²) in [5, 5.41) is 15.8. The summed E-state index contributed by atoms with van der Waals surface area (Å²) in [7, 11) is 1.54. The van der Waals surface area contributed by atoms with Gasteiger partial charge >= 0.3 is 18.0 Å². The molecule has 35 heavy (non-hydrogen) atoms. The highest BCUT2D eigenvalue weighted by molar-refractivity contribution is 6.30. The maximum atomic E-state index is 13.4. The van der Waals surface area contributed by atoms with E-state index in [-0.39, 0.29) is 48.0 Å². The molecule has 0 atom stereocenters. The Labute approximate surface area is 201 Å². The highest BCUT2D eigenvalue weighted by Crippen LogP contribution is 2.36. The lowest BCUT2D eigenvalue weighted by molar-refractivity contribution is -0.137. The second kappa shape index (κ2) is 9.74. The molecule has 0 fully saturated rings. The molecule has 9 nitrogen and oxygen atoms in total. The summed E-state index contributed by atoms with van der Waals surface area (Å²) in [4.78, 5) is 11.8. The van der Waals surface area contributed by atoms with Gasteiger partial charge in [0, 0.05) is 17.6 Å². The second-order valence-electron chi connectivity index (χ2n) is 7.10. The number of carbonyl (C=O) groups is 1. The Morgan fingerprint density at radius 3 is 2.60 bits per heavy atom. The van der Waals surface area contributed by atoms with Crippen LogP contribution in [-0.2, 0) is 24.6 Å². The highest BCUT2D eigenvalue weighted by Gasteiger charge is 2.34. The number of esters is 1. The van der Waals surface area contributed by atoms with Gasteiger partial charge in [0.1, 0.15) is 12.4 Å². The van der Waals surface area contributed by atoms with Crippen molar-refractivity contribution in [2.75, 3.05) is 6.61 Å². The van der Waals surface area contributed by atoms with Gasteiger partial charge in [-0.05, 0) is 31.2 Å². The molecule has 0 aliphatic rings. The zero-order valence-corrected chi connectivity index (χ0v) is 19.1. The fraction of sp³-hybridized carbons (Fsp3) is 0.227. The first-order chi connectivity index (χ1) is 16.7. The average Bonchev–Trinajstić information content (AvgIpc) is 3.45. The number of benzene rings is 2. The molecule has 0 N–H and O–H groups in total. The van der Waals surface area contributed by atoms with Gasteiger partial charge in [-0.15, -0.1) is 20.4 Å². The van der Waals surface area contributed by atoms with Crippen LogP contribution < -0.4 is 4.74 Å². The van der Waals surface area contributed by atoms with Gasteiger partial charge in [0.05, 0.1) is 17.7 Å². The van der Waals surface area contributed by atoms with Crippen molar-refractivity contribution in [3.63, 3.8) is 0 Å². The Balaban J connectivity index is 1.60. The van der Waals surface area contributed by atoms with Crippen LogP contribution in [-0.4, -0.2) is 37.5 Å². The van der Waals surface area contributed by atoms with Crippen molar-refractivity contribution in [2.24, 2.45) is 7.05 Å². The highest BCUT2D eigenvalue weighted by atomic mass is 35.5. The van der Waals surface area contributed by atoms with Gasteiger partial charge in [0.25, 0.3) is 5.89 Å². The summed E-state index contributed by atoms with van der Waals surface area (Å²) in [5.74, 6) is -0.605. The van der Waals surface area contributed by atoms with Gasteiger partial charge in [-0.2, -0.15) is 13.2 Å². The van der Waals surface area contributed by atoms with Crippen molar-refractivity contribution in [3.8, 4) is 28.6 Å². The molecule has 13 heteroatoms. The van der Waals surface area contributed by atoms with E-state index in [2.05, 4.69) is 20.4 Å². The molecular formula is C22H17ClF3N5O4. The molecule has 2 aromatic heterocycles. The maximum Gasteiger partial charge on any atom is 0.417 e. The van der Waals surface area contributed by atoms with E-state index in [0.717, 1.165) is 6.07 Å². The van der Waals surface area contributed by atoms with Gasteiger partial charge in [-0.3, -0.25) is 0 Å². The summed E-state index contributed by atoms with van der Waals surface area (Å²) in [6, 6.07) is 9.71. The lowest BCUT2D eigenvalue weighted by atomic mass is 10.1. The first-order valence-electron chi connectivity index (χ1n) is 10.2. The summed E-state index contributed by atoms with van der Waals surface area (Å²) < 4.78 is 57.8. The van der Waals surface area contributed by atoms with Crippen LogP contribution in [0.4, 0.5) is 13.2 Å². The second-order valence-corrected chi connectivity index (χ2v) is 7.54. The number of hydrogen-bond acceptors (Lipinski definition) is 8. The minimum absolute atomic E-state index is 0.0313. The first-order valence-corrected chi connectivity index (χ1v) is 10.5. The predicted octanol–water partition coefficient (Wildman–Crippen LogP) is 4.96. The van der Waals surface area contributed by atoms with Crippen LogP contribution in [0.25, 0.3) is 22.8 Å². The zero-order valence-electron chi connectivity index (χ0n) is 18.3. The number of halogens is 4. The van der Waals surface area contributed by atoms with Crippen molar-refractivity contribution in [2.45, 2.75) is 19.7 Å². The minimum atomic E-state index is -4.55. The molecule has 0 spiro atoms.